The second-order valence-electron chi connectivity index (χ2n) is 3.46. The van der Waals surface area contributed by atoms with E-state index in [0.717, 1.165) is 22.3 Å². The summed E-state index contributed by atoms with van der Waals surface area (Å²) >= 11 is 3.02. The van der Waals surface area contributed by atoms with Crippen LogP contribution in [0.2, 0.25) is 0 Å². The lowest BCUT2D eigenvalue weighted by molar-refractivity contribution is 0.583. The molecule has 1 aromatic rings. The zero-order valence-electron chi connectivity index (χ0n) is 8.86. The summed E-state index contributed by atoms with van der Waals surface area (Å²) in [5, 5.41) is 8.72. The van der Waals surface area contributed by atoms with E-state index in [-0.39, 0.29) is 0 Å². The molecule has 82 valence electrons. The van der Waals surface area contributed by atoms with Gasteiger partial charge in [-0.3, -0.25) is 0 Å². The zero-order valence-corrected chi connectivity index (χ0v) is 10.5. The van der Waals surface area contributed by atoms with Crippen molar-refractivity contribution in [1.82, 2.24) is 9.36 Å². The Bertz CT molecular complexity index is 353. The monoisotopic (exact) mass is 242 g/mol. The van der Waals surface area contributed by atoms with Crippen molar-refractivity contribution < 1.29 is 0 Å². The van der Waals surface area contributed by atoms with Crippen molar-refractivity contribution in [2.24, 2.45) is 5.73 Å². The number of hydrogen-bond acceptors (Lipinski definition) is 6. The Balaban J connectivity index is 2.35. The molecule has 1 rings (SSSR count). The highest BCUT2D eigenvalue weighted by Crippen LogP contribution is 2.22. The Hall–Kier alpha value is -0.640. The van der Waals surface area contributed by atoms with E-state index in [4.69, 9.17) is 11.0 Å². The first-order valence-corrected chi connectivity index (χ1v) is 6.49. The van der Waals surface area contributed by atoms with Crippen LogP contribution in [0.1, 0.15) is 26.1 Å². The van der Waals surface area contributed by atoms with Gasteiger partial charge in [0.05, 0.1) is 6.07 Å². The van der Waals surface area contributed by atoms with Crippen LogP contribution < -0.4 is 5.73 Å². The van der Waals surface area contributed by atoms with Crippen molar-refractivity contribution in [1.29, 1.82) is 5.26 Å². The highest BCUT2D eigenvalue weighted by atomic mass is 32.2. The summed E-state index contributed by atoms with van der Waals surface area (Å²) in [6.45, 7) is 3.77. The molecule has 0 aliphatic heterocycles. The van der Waals surface area contributed by atoms with Crippen LogP contribution in [0.25, 0.3) is 0 Å². The normalized spacial score (nSPS) is 14.5. The van der Waals surface area contributed by atoms with Crippen LogP contribution >= 0.6 is 23.3 Å². The zero-order chi connectivity index (χ0) is 11.3. The first-order chi connectivity index (χ1) is 7.07. The third-order valence-electron chi connectivity index (χ3n) is 1.87. The summed E-state index contributed by atoms with van der Waals surface area (Å²) in [5.74, 6) is 1.69. The molecule has 0 aliphatic carbocycles. The first-order valence-electron chi connectivity index (χ1n) is 4.73. The largest absolute Gasteiger partial charge is 0.314 e. The number of nitriles is 1. The minimum absolute atomic E-state index is 0.662. The quantitative estimate of drug-likeness (QED) is 0.797. The number of aromatic nitrogens is 2. The third kappa shape index (κ3) is 4.16. The average Bonchev–Trinajstić information content (AvgIpc) is 2.66. The predicted octanol–water partition coefficient (Wildman–Crippen LogP) is 1.82. The molecule has 0 radical (unpaired) electrons. The van der Waals surface area contributed by atoms with Crippen LogP contribution in [0.5, 0.6) is 0 Å². The van der Waals surface area contributed by atoms with Gasteiger partial charge >= 0.3 is 0 Å². The molecule has 0 aliphatic rings. The molecule has 0 fully saturated rings. The van der Waals surface area contributed by atoms with Gasteiger partial charge < -0.3 is 5.73 Å². The molecule has 0 saturated heterocycles. The summed E-state index contributed by atoms with van der Waals surface area (Å²) in [6.07, 6.45) is 1.53. The van der Waals surface area contributed by atoms with Crippen molar-refractivity contribution in [2.75, 3.05) is 5.75 Å². The molecule has 0 saturated carbocycles. The van der Waals surface area contributed by atoms with Gasteiger partial charge in [0.1, 0.15) is 11.4 Å². The van der Waals surface area contributed by atoms with Crippen LogP contribution in [0, 0.1) is 11.3 Å². The Morgan fingerprint density at radius 2 is 2.40 bits per heavy atom. The fourth-order valence-electron chi connectivity index (χ4n) is 0.846. The van der Waals surface area contributed by atoms with Gasteiger partial charge in [0.25, 0.3) is 0 Å². The van der Waals surface area contributed by atoms with Gasteiger partial charge in [0.15, 0.2) is 4.34 Å². The number of nitrogens with zero attached hydrogens (tertiary/aromatic N) is 3. The minimum Gasteiger partial charge on any atom is -0.314 e. The molecule has 2 N–H and O–H groups in total. The van der Waals surface area contributed by atoms with Crippen molar-refractivity contribution in [3.05, 3.63) is 5.82 Å². The van der Waals surface area contributed by atoms with Crippen molar-refractivity contribution in [3.8, 4) is 6.07 Å². The smallest absolute Gasteiger partial charge is 0.170 e. The summed E-state index contributed by atoms with van der Waals surface area (Å²) in [5.41, 5.74) is 4.97. The molecule has 0 aromatic carbocycles. The second kappa shape index (κ2) is 5.45. The Labute approximate surface area is 98.1 Å². The van der Waals surface area contributed by atoms with Crippen LogP contribution in [0.4, 0.5) is 0 Å². The van der Waals surface area contributed by atoms with Crippen LogP contribution in [0.3, 0.4) is 0 Å². The number of aryl methyl sites for hydroxylation is 1. The van der Waals surface area contributed by atoms with Gasteiger partial charge in [-0.05, 0) is 24.9 Å². The summed E-state index contributed by atoms with van der Waals surface area (Å²) in [6, 6.07) is 2.08. The van der Waals surface area contributed by atoms with E-state index in [1.807, 2.05) is 6.92 Å². The Morgan fingerprint density at radius 1 is 1.67 bits per heavy atom. The highest BCUT2D eigenvalue weighted by Gasteiger charge is 2.16. The molecule has 4 nitrogen and oxygen atoms in total. The molecule has 1 unspecified atom stereocenters. The van der Waals surface area contributed by atoms with Gasteiger partial charge in [0, 0.05) is 12.2 Å². The molecule has 1 aromatic heterocycles. The van der Waals surface area contributed by atoms with Gasteiger partial charge in [-0.1, -0.05) is 18.7 Å². The lowest BCUT2D eigenvalue weighted by atomic mass is 10.0. The number of thioether (sulfide) groups is 1. The number of hydrogen-bond donors (Lipinski definition) is 1. The summed E-state index contributed by atoms with van der Waals surface area (Å²) in [7, 11) is 0. The van der Waals surface area contributed by atoms with Crippen molar-refractivity contribution in [3.63, 3.8) is 0 Å². The fraction of sp³-hybridized carbons (Fsp3) is 0.667. The topological polar surface area (TPSA) is 75.6 Å². The number of rotatable bonds is 5. The predicted molar refractivity (Wildman–Crippen MR) is 62.8 cm³/mol. The SMILES string of the molecule is CCc1nsc(SCCC(C)(N)C#N)n1. The standard InChI is InChI=1S/C9H14N4S2/c1-3-7-12-8(15-13-7)14-5-4-9(2,11)6-10/h3-5,11H2,1-2H3. The van der Waals surface area contributed by atoms with Crippen LogP contribution in [0.15, 0.2) is 4.34 Å². The second-order valence-corrected chi connectivity index (χ2v) is 5.55. The maximum atomic E-state index is 8.72. The molecule has 1 heterocycles. The lowest BCUT2D eigenvalue weighted by Crippen LogP contribution is -2.34. The maximum absolute atomic E-state index is 8.72. The Morgan fingerprint density at radius 3 is 2.93 bits per heavy atom. The van der Waals surface area contributed by atoms with Crippen LogP contribution in [-0.2, 0) is 6.42 Å². The van der Waals surface area contributed by atoms with E-state index in [2.05, 4.69) is 15.4 Å². The summed E-state index contributed by atoms with van der Waals surface area (Å²) < 4.78 is 5.14. The maximum Gasteiger partial charge on any atom is 0.170 e. The average molecular weight is 242 g/mol. The molecular weight excluding hydrogens is 228 g/mol. The minimum atomic E-state index is -0.731. The van der Waals surface area contributed by atoms with E-state index in [9.17, 15) is 0 Å². The van der Waals surface area contributed by atoms with E-state index >= 15 is 0 Å². The molecule has 0 bridgehead atoms. The van der Waals surface area contributed by atoms with Gasteiger partial charge in [0.2, 0.25) is 0 Å². The molecule has 1 atom stereocenters. The highest BCUT2D eigenvalue weighted by molar-refractivity contribution is 8.00. The molecule has 0 spiro atoms. The van der Waals surface area contributed by atoms with Crippen molar-refractivity contribution in [2.45, 2.75) is 36.6 Å². The first kappa shape index (κ1) is 12.4. The summed E-state index contributed by atoms with van der Waals surface area (Å²) in [4.78, 5) is 4.32. The van der Waals surface area contributed by atoms with E-state index < -0.39 is 5.54 Å². The molecule has 15 heavy (non-hydrogen) atoms. The Kier molecular flexibility index (Phi) is 4.51. The lowest BCUT2D eigenvalue weighted by Gasteiger charge is -2.13. The van der Waals surface area contributed by atoms with E-state index in [1.54, 1.807) is 18.7 Å². The molecule has 0 amide bonds. The third-order valence-corrected chi connectivity index (χ3v) is 3.74. The van der Waals surface area contributed by atoms with Gasteiger partial charge in [-0.2, -0.15) is 9.64 Å². The van der Waals surface area contributed by atoms with Crippen LogP contribution in [-0.4, -0.2) is 20.6 Å². The molecular formula is C9H14N4S2. The molecule has 6 heteroatoms. The van der Waals surface area contributed by atoms with Gasteiger partial charge in [-0.25, -0.2) is 4.98 Å². The van der Waals surface area contributed by atoms with E-state index in [0.29, 0.717) is 6.42 Å². The number of nitrogens with two attached hydrogens (primary N) is 1. The fourth-order valence-corrected chi connectivity index (χ4v) is 2.79. The van der Waals surface area contributed by atoms with E-state index in [1.165, 1.54) is 11.5 Å². The van der Waals surface area contributed by atoms with Crippen molar-refractivity contribution >= 4 is 23.3 Å². The van der Waals surface area contributed by atoms with Gasteiger partial charge in [-0.15, -0.1) is 0 Å².